The summed E-state index contributed by atoms with van der Waals surface area (Å²) in [7, 11) is 0. The summed E-state index contributed by atoms with van der Waals surface area (Å²) in [5.41, 5.74) is 0. The van der Waals surface area contributed by atoms with E-state index in [0.717, 1.165) is 43.9 Å². The van der Waals surface area contributed by atoms with Crippen molar-refractivity contribution in [2.24, 2.45) is 0 Å². The lowest BCUT2D eigenvalue weighted by atomic mass is 10.2. The maximum atomic E-state index is 5.50. The second kappa shape index (κ2) is 10.1. The quantitative estimate of drug-likeness (QED) is 0.356. The van der Waals surface area contributed by atoms with Crippen LogP contribution in [0, 0.1) is 11.8 Å². The van der Waals surface area contributed by atoms with Gasteiger partial charge in [-0.3, -0.25) is 0 Å². The van der Waals surface area contributed by atoms with Crippen molar-refractivity contribution < 1.29 is 0 Å². The molecule has 0 amide bonds. The number of unbranched alkanes of at least 4 members (excludes halogenated alkanes) is 3. The molecule has 0 fully saturated rings. The standard InChI is InChI=1S/C9H14Cl2/c10-8-6-4-2-1-3-5-7-9-11/h2,4-9H2. The molecule has 0 radical (unpaired) electrons. The third kappa shape index (κ3) is 10.1. The highest BCUT2D eigenvalue weighted by Crippen LogP contribution is 1.96. The van der Waals surface area contributed by atoms with Crippen molar-refractivity contribution in [3.05, 3.63) is 0 Å². The van der Waals surface area contributed by atoms with Crippen molar-refractivity contribution in [3.63, 3.8) is 0 Å². The molecule has 0 spiro atoms. The van der Waals surface area contributed by atoms with E-state index in [4.69, 9.17) is 23.2 Å². The highest BCUT2D eigenvalue weighted by molar-refractivity contribution is 6.18. The fourth-order valence-electron chi connectivity index (χ4n) is 0.640. The number of hydrogen-bond acceptors (Lipinski definition) is 0. The lowest BCUT2D eigenvalue weighted by Crippen LogP contribution is -1.75. The lowest BCUT2D eigenvalue weighted by Gasteiger charge is -1.87. The van der Waals surface area contributed by atoms with E-state index >= 15 is 0 Å². The fraction of sp³-hybridized carbons (Fsp3) is 0.778. The molecule has 0 atom stereocenters. The van der Waals surface area contributed by atoms with Gasteiger partial charge in [-0.25, -0.2) is 0 Å². The summed E-state index contributed by atoms with van der Waals surface area (Å²) in [6, 6.07) is 0. The first-order valence-electron chi connectivity index (χ1n) is 3.99. The highest BCUT2D eigenvalue weighted by Gasteiger charge is 1.81. The van der Waals surface area contributed by atoms with Gasteiger partial charge >= 0.3 is 0 Å². The minimum Gasteiger partial charge on any atom is -0.127 e. The van der Waals surface area contributed by atoms with Crippen LogP contribution in [0.3, 0.4) is 0 Å². The normalized spacial score (nSPS) is 8.91. The van der Waals surface area contributed by atoms with E-state index in [2.05, 4.69) is 11.8 Å². The largest absolute Gasteiger partial charge is 0.127 e. The van der Waals surface area contributed by atoms with Crippen LogP contribution in [0.15, 0.2) is 0 Å². The van der Waals surface area contributed by atoms with Crippen LogP contribution in [0.5, 0.6) is 0 Å². The molecule has 2 heteroatoms. The van der Waals surface area contributed by atoms with Crippen molar-refractivity contribution >= 4 is 23.2 Å². The first-order chi connectivity index (χ1) is 5.41. The van der Waals surface area contributed by atoms with Crippen molar-refractivity contribution in [1.29, 1.82) is 0 Å². The number of rotatable bonds is 5. The Bertz CT molecular complexity index is 121. The molecule has 0 N–H and O–H groups in total. The molecule has 0 saturated carbocycles. The van der Waals surface area contributed by atoms with Crippen LogP contribution in [0.1, 0.15) is 32.1 Å². The highest BCUT2D eigenvalue weighted by atomic mass is 35.5. The molecule has 0 bridgehead atoms. The van der Waals surface area contributed by atoms with Gasteiger partial charge in [0, 0.05) is 24.6 Å². The maximum Gasteiger partial charge on any atom is 0.0232 e. The molecular formula is C9H14Cl2. The monoisotopic (exact) mass is 192 g/mol. The molecule has 64 valence electrons. The summed E-state index contributed by atoms with van der Waals surface area (Å²) in [5, 5.41) is 0. The minimum atomic E-state index is 0.719. The van der Waals surface area contributed by atoms with Gasteiger partial charge in [0.05, 0.1) is 0 Å². The summed E-state index contributed by atoms with van der Waals surface area (Å²) in [5.74, 6) is 7.63. The number of alkyl halides is 2. The van der Waals surface area contributed by atoms with E-state index in [1.807, 2.05) is 0 Å². The van der Waals surface area contributed by atoms with Crippen LogP contribution in [0.25, 0.3) is 0 Å². The Balaban J connectivity index is 2.99. The van der Waals surface area contributed by atoms with Gasteiger partial charge in [-0.2, -0.15) is 0 Å². The fourth-order valence-corrected chi connectivity index (χ4v) is 0.962. The average Bonchev–Trinajstić information content (AvgIpc) is 2.03. The van der Waals surface area contributed by atoms with Gasteiger partial charge in [0.25, 0.3) is 0 Å². The Hall–Kier alpha value is 0.140. The Kier molecular flexibility index (Phi) is 10.3. The summed E-state index contributed by atoms with van der Waals surface area (Å²) >= 11 is 11.0. The molecule has 0 rings (SSSR count). The van der Waals surface area contributed by atoms with Crippen molar-refractivity contribution in [2.75, 3.05) is 11.8 Å². The average molecular weight is 193 g/mol. The predicted octanol–water partition coefficient (Wildman–Crippen LogP) is 3.42. The van der Waals surface area contributed by atoms with E-state index in [-0.39, 0.29) is 0 Å². The molecule has 0 aromatic carbocycles. The molecule has 0 aliphatic heterocycles. The van der Waals surface area contributed by atoms with Crippen LogP contribution >= 0.6 is 23.2 Å². The Morgan fingerprint density at radius 2 is 1.27 bits per heavy atom. The Morgan fingerprint density at radius 3 is 1.82 bits per heavy atom. The van der Waals surface area contributed by atoms with Gasteiger partial charge in [0.2, 0.25) is 0 Å². The number of halogens is 2. The molecule has 0 aliphatic carbocycles. The molecule has 0 aromatic rings. The summed E-state index contributed by atoms with van der Waals surface area (Å²) in [4.78, 5) is 0. The van der Waals surface area contributed by atoms with Gasteiger partial charge in [-0.15, -0.1) is 35.0 Å². The van der Waals surface area contributed by atoms with Gasteiger partial charge in [0.1, 0.15) is 0 Å². The zero-order chi connectivity index (χ0) is 8.36. The molecular weight excluding hydrogens is 179 g/mol. The van der Waals surface area contributed by atoms with E-state index < -0.39 is 0 Å². The van der Waals surface area contributed by atoms with Gasteiger partial charge in [-0.05, 0) is 19.3 Å². The van der Waals surface area contributed by atoms with Crippen LogP contribution in [-0.2, 0) is 0 Å². The van der Waals surface area contributed by atoms with Crippen molar-refractivity contribution in [2.45, 2.75) is 32.1 Å². The third-order valence-corrected chi connectivity index (χ3v) is 1.78. The lowest BCUT2D eigenvalue weighted by molar-refractivity contribution is 0.832. The topological polar surface area (TPSA) is 0 Å². The van der Waals surface area contributed by atoms with E-state index in [1.54, 1.807) is 0 Å². The van der Waals surface area contributed by atoms with Crippen molar-refractivity contribution in [3.8, 4) is 11.8 Å². The first-order valence-corrected chi connectivity index (χ1v) is 5.06. The summed E-state index contributed by atoms with van der Waals surface area (Å²) in [6.07, 6.45) is 5.12. The minimum absolute atomic E-state index is 0.719. The smallest absolute Gasteiger partial charge is 0.0232 e. The SMILES string of the molecule is ClCCCC#CCCCCCl. The Labute approximate surface area is 79.3 Å². The zero-order valence-corrected chi connectivity index (χ0v) is 8.22. The van der Waals surface area contributed by atoms with E-state index in [9.17, 15) is 0 Å². The predicted molar refractivity (Wildman–Crippen MR) is 52.3 cm³/mol. The maximum absolute atomic E-state index is 5.50. The van der Waals surface area contributed by atoms with E-state index in [0.29, 0.717) is 0 Å². The van der Waals surface area contributed by atoms with Crippen LogP contribution in [0.2, 0.25) is 0 Å². The zero-order valence-electron chi connectivity index (χ0n) is 6.71. The molecule has 0 heterocycles. The molecule has 0 saturated heterocycles. The van der Waals surface area contributed by atoms with Crippen molar-refractivity contribution in [1.82, 2.24) is 0 Å². The first kappa shape index (κ1) is 11.1. The summed E-state index contributed by atoms with van der Waals surface area (Å²) in [6.45, 7) is 0. The second-order valence-corrected chi connectivity index (χ2v) is 3.05. The van der Waals surface area contributed by atoms with Gasteiger partial charge in [-0.1, -0.05) is 0 Å². The Morgan fingerprint density at radius 1 is 0.727 bits per heavy atom. The molecule has 0 nitrogen and oxygen atoms in total. The van der Waals surface area contributed by atoms with Crippen LogP contribution < -0.4 is 0 Å². The van der Waals surface area contributed by atoms with E-state index in [1.165, 1.54) is 0 Å². The third-order valence-electron chi connectivity index (χ3n) is 1.25. The molecule has 0 unspecified atom stereocenters. The van der Waals surface area contributed by atoms with Gasteiger partial charge < -0.3 is 0 Å². The molecule has 11 heavy (non-hydrogen) atoms. The molecule has 0 aromatic heterocycles. The molecule has 0 aliphatic rings. The van der Waals surface area contributed by atoms with Crippen LogP contribution in [-0.4, -0.2) is 11.8 Å². The summed E-state index contributed by atoms with van der Waals surface area (Å²) < 4.78 is 0. The number of hydrogen-bond donors (Lipinski definition) is 0. The van der Waals surface area contributed by atoms with Gasteiger partial charge in [0.15, 0.2) is 0 Å². The van der Waals surface area contributed by atoms with Crippen LogP contribution in [0.4, 0.5) is 0 Å². The second-order valence-electron chi connectivity index (χ2n) is 2.29.